The van der Waals surface area contributed by atoms with Crippen LogP contribution in [0.1, 0.15) is 24.5 Å². The van der Waals surface area contributed by atoms with Crippen molar-refractivity contribution in [2.45, 2.75) is 25.1 Å². The summed E-state index contributed by atoms with van der Waals surface area (Å²) >= 11 is 3.39. The maximum absolute atomic E-state index is 12.2. The molecular formula is C15H17BrNO2Y-. The molecule has 1 unspecified atom stereocenters. The molecule has 0 fully saturated rings. The van der Waals surface area contributed by atoms with Gasteiger partial charge in [0.25, 0.3) is 0 Å². The average molecular weight is 412 g/mol. The van der Waals surface area contributed by atoms with Crippen molar-refractivity contribution in [1.82, 2.24) is 4.90 Å². The van der Waals surface area contributed by atoms with E-state index in [1.54, 1.807) is 12.0 Å². The Morgan fingerprint density at radius 3 is 2.75 bits per heavy atom. The molecule has 0 saturated carbocycles. The molecule has 0 aromatic heterocycles. The van der Waals surface area contributed by atoms with E-state index in [-0.39, 0.29) is 43.4 Å². The van der Waals surface area contributed by atoms with Gasteiger partial charge in [0.2, 0.25) is 5.91 Å². The minimum absolute atomic E-state index is 0. The predicted molar refractivity (Wildman–Crippen MR) is 79.1 cm³/mol. The maximum atomic E-state index is 12.2. The van der Waals surface area contributed by atoms with Crippen molar-refractivity contribution >= 4 is 27.5 Å². The summed E-state index contributed by atoms with van der Waals surface area (Å²) in [5.74, 6) is 0.928. The van der Waals surface area contributed by atoms with E-state index in [2.05, 4.69) is 22.0 Å². The summed E-state index contributed by atoms with van der Waals surface area (Å²) in [6.07, 6.45) is 3.94. The Morgan fingerprint density at radius 2 is 2.20 bits per heavy atom. The van der Waals surface area contributed by atoms with E-state index >= 15 is 0 Å². The molecule has 0 N–H and O–H groups in total. The smallest absolute Gasteiger partial charge is 0.236 e. The van der Waals surface area contributed by atoms with Crippen LogP contribution in [0.25, 0.3) is 5.70 Å². The van der Waals surface area contributed by atoms with E-state index in [9.17, 15) is 4.79 Å². The molecule has 1 radical (unpaired) electrons. The normalized spacial score (nSPS) is 18.4. The second-order valence-electron chi connectivity index (χ2n) is 4.46. The van der Waals surface area contributed by atoms with Gasteiger partial charge in [0.05, 0.1) is 11.9 Å². The molecule has 1 aromatic rings. The van der Waals surface area contributed by atoms with Crippen molar-refractivity contribution in [3.63, 3.8) is 0 Å². The molecule has 1 amide bonds. The van der Waals surface area contributed by atoms with Gasteiger partial charge in [-0.1, -0.05) is 29.3 Å². The van der Waals surface area contributed by atoms with E-state index in [1.807, 2.05) is 32.0 Å². The summed E-state index contributed by atoms with van der Waals surface area (Å²) in [5, 5.41) is 0. The molecule has 1 aromatic carbocycles. The number of hydrogen-bond donors (Lipinski definition) is 0. The molecule has 20 heavy (non-hydrogen) atoms. The van der Waals surface area contributed by atoms with Crippen LogP contribution in [0.2, 0.25) is 0 Å². The second kappa shape index (κ2) is 7.72. The number of aryl methyl sites for hydroxylation is 1. The number of allylic oxidation sites excluding steroid dienone is 1. The molecule has 2 rings (SSSR count). The van der Waals surface area contributed by atoms with Gasteiger partial charge < -0.3 is 9.64 Å². The molecule has 0 saturated heterocycles. The predicted octanol–water partition coefficient (Wildman–Crippen LogP) is 3.16. The van der Waals surface area contributed by atoms with Crippen molar-refractivity contribution in [2.75, 3.05) is 13.7 Å². The topological polar surface area (TPSA) is 29.5 Å². The Labute approximate surface area is 153 Å². The fourth-order valence-corrected chi connectivity index (χ4v) is 2.64. The van der Waals surface area contributed by atoms with Crippen LogP contribution in [-0.4, -0.2) is 29.3 Å². The van der Waals surface area contributed by atoms with Gasteiger partial charge in [-0.3, -0.25) is 4.79 Å². The maximum Gasteiger partial charge on any atom is 0.236 e. The Hall–Kier alpha value is -0.186. The third-order valence-electron chi connectivity index (χ3n) is 3.26. The Balaban J connectivity index is 0.00000200. The minimum atomic E-state index is -0.158. The molecule has 5 heteroatoms. The second-order valence-corrected chi connectivity index (χ2v) is 5.57. The Bertz CT molecular complexity index is 531. The number of benzene rings is 1. The van der Waals surface area contributed by atoms with Crippen LogP contribution in [0.4, 0.5) is 0 Å². The van der Waals surface area contributed by atoms with Crippen LogP contribution < -0.4 is 4.74 Å². The first-order valence-electron chi connectivity index (χ1n) is 6.29. The number of carbonyl (C=O) groups is 1. The molecule has 1 atom stereocenters. The quantitative estimate of drug-likeness (QED) is 0.564. The number of hydrogen-bond acceptors (Lipinski definition) is 2. The molecule has 1 aliphatic rings. The average Bonchev–Trinajstić information content (AvgIpc) is 2.42. The van der Waals surface area contributed by atoms with Crippen LogP contribution in [0, 0.1) is 13.0 Å². The van der Waals surface area contributed by atoms with E-state index in [4.69, 9.17) is 4.74 Å². The monoisotopic (exact) mass is 411 g/mol. The fourth-order valence-electron chi connectivity index (χ4n) is 2.23. The first-order chi connectivity index (χ1) is 9.08. The van der Waals surface area contributed by atoms with Crippen LogP contribution in [0.3, 0.4) is 0 Å². The molecule has 1 heterocycles. The molecule has 0 spiro atoms. The summed E-state index contributed by atoms with van der Waals surface area (Å²) in [4.78, 5) is 13.8. The molecule has 0 bridgehead atoms. The molecular weight excluding hydrogens is 395 g/mol. The van der Waals surface area contributed by atoms with Crippen LogP contribution >= 0.6 is 15.9 Å². The fraction of sp³-hybridized carbons (Fsp3) is 0.400. The zero-order valence-corrected chi connectivity index (χ0v) is 16.4. The van der Waals surface area contributed by atoms with Crippen LogP contribution in [0.5, 0.6) is 5.75 Å². The van der Waals surface area contributed by atoms with Crippen molar-refractivity contribution < 1.29 is 42.2 Å². The molecule has 1 aliphatic heterocycles. The number of alkyl halides is 1. The zero-order valence-electron chi connectivity index (χ0n) is 11.9. The Kier molecular flexibility index (Phi) is 6.89. The first kappa shape index (κ1) is 17.9. The number of nitrogens with zero attached hydrogens (tertiary/aromatic N) is 1. The summed E-state index contributed by atoms with van der Waals surface area (Å²) in [6, 6.07) is 5.87. The van der Waals surface area contributed by atoms with Gasteiger partial charge in [0.1, 0.15) is 5.75 Å². The third-order valence-corrected chi connectivity index (χ3v) is 3.97. The van der Waals surface area contributed by atoms with Gasteiger partial charge in [0, 0.05) is 39.3 Å². The number of halogens is 1. The van der Waals surface area contributed by atoms with E-state index < -0.39 is 0 Å². The van der Waals surface area contributed by atoms with Crippen LogP contribution in [0.15, 0.2) is 18.2 Å². The van der Waals surface area contributed by atoms with Gasteiger partial charge in [-0.15, -0.1) is 22.9 Å². The Morgan fingerprint density at radius 1 is 1.50 bits per heavy atom. The largest absolute Gasteiger partial charge is 0.497 e. The van der Waals surface area contributed by atoms with Gasteiger partial charge in [-0.25, -0.2) is 6.08 Å². The summed E-state index contributed by atoms with van der Waals surface area (Å²) in [7, 11) is 1.65. The number of amides is 1. The number of rotatable bonds is 3. The van der Waals surface area contributed by atoms with Gasteiger partial charge in [0.15, 0.2) is 0 Å². The van der Waals surface area contributed by atoms with E-state index in [0.29, 0.717) is 13.0 Å². The standard InChI is InChI=1S/C15H17BrNO2.Y/c1-4-17-14(8-7-13(16)15(17)18)12-6-5-11(19-3)9-10(12)2;/h5-6,9,13H,4,7H2,1-3H3;/q-1;. The van der Waals surface area contributed by atoms with Gasteiger partial charge in [-0.05, 0) is 19.1 Å². The molecule has 3 nitrogen and oxygen atoms in total. The first-order valence-corrected chi connectivity index (χ1v) is 7.21. The van der Waals surface area contributed by atoms with E-state index in [1.165, 1.54) is 0 Å². The number of ether oxygens (including phenoxy) is 1. The van der Waals surface area contributed by atoms with Gasteiger partial charge >= 0.3 is 0 Å². The molecule has 105 valence electrons. The molecule has 0 aliphatic carbocycles. The third kappa shape index (κ3) is 3.52. The number of methoxy groups -OCH3 is 1. The summed E-state index contributed by atoms with van der Waals surface area (Å²) < 4.78 is 5.21. The summed E-state index contributed by atoms with van der Waals surface area (Å²) in [5.41, 5.74) is 3.00. The van der Waals surface area contributed by atoms with Crippen molar-refractivity contribution in [3.8, 4) is 5.75 Å². The van der Waals surface area contributed by atoms with Crippen molar-refractivity contribution in [2.24, 2.45) is 0 Å². The van der Waals surface area contributed by atoms with Crippen LogP contribution in [-0.2, 0) is 37.5 Å². The van der Waals surface area contributed by atoms with E-state index in [0.717, 1.165) is 22.6 Å². The number of carbonyl (C=O) groups excluding carboxylic acids is 1. The zero-order chi connectivity index (χ0) is 14.0. The van der Waals surface area contributed by atoms with Crippen molar-refractivity contribution in [1.29, 1.82) is 0 Å². The van der Waals surface area contributed by atoms with Gasteiger partial charge in [-0.2, -0.15) is 0 Å². The summed E-state index contributed by atoms with van der Waals surface area (Å²) in [6.45, 7) is 4.64. The minimum Gasteiger partial charge on any atom is -0.497 e. The SMILES string of the molecule is CCN1C(=O)C(Br)C[C-]=C1c1ccc(OC)cc1C.[Y]. The van der Waals surface area contributed by atoms with Crippen molar-refractivity contribution in [3.05, 3.63) is 35.4 Å².